The van der Waals surface area contributed by atoms with E-state index in [4.69, 9.17) is 11.5 Å². The van der Waals surface area contributed by atoms with Crippen molar-refractivity contribution in [3.8, 4) is 0 Å². The molecule has 1 saturated heterocycles. The molecule has 1 fully saturated rings. The minimum atomic E-state index is -0.343. The number of ketones is 2. The third kappa shape index (κ3) is 9.80. The van der Waals surface area contributed by atoms with Gasteiger partial charge in [0.05, 0.1) is 29.4 Å². The molecule has 0 spiro atoms. The number of nitrogen functional groups attached to an aromatic ring is 2. The van der Waals surface area contributed by atoms with Gasteiger partial charge in [0.15, 0.2) is 11.5 Å². The summed E-state index contributed by atoms with van der Waals surface area (Å²) in [6.07, 6.45) is 0. The lowest BCUT2D eigenvalue weighted by Gasteiger charge is -2.03. The first-order valence-electron chi connectivity index (χ1n) is 11.6. The molecule has 2 aromatic heterocycles. The Morgan fingerprint density at radius 1 is 0.895 bits per heavy atom. The van der Waals surface area contributed by atoms with E-state index in [1.807, 2.05) is 35.7 Å². The number of likely N-dealkylation sites (N-methyl/N-ethyl adjacent to an activating group) is 1. The highest BCUT2D eigenvalue weighted by molar-refractivity contribution is 14.1. The number of Topliss-reactive ketones (excluding diaryl/α,β-unsaturated/α-hetero) is 2. The summed E-state index contributed by atoms with van der Waals surface area (Å²) in [4.78, 5) is 55.9. The van der Waals surface area contributed by atoms with Gasteiger partial charge in [0.2, 0.25) is 11.9 Å². The van der Waals surface area contributed by atoms with Gasteiger partial charge in [0.25, 0.3) is 5.56 Å². The van der Waals surface area contributed by atoms with Crippen molar-refractivity contribution in [2.45, 2.75) is 40.0 Å². The molecule has 5 rings (SSSR count). The Balaban J connectivity index is 0.000000268. The average molecular weight is 751 g/mol. The van der Waals surface area contributed by atoms with Crippen LogP contribution in [0.5, 0.6) is 0 Å². The number of alkyl halides is 1. The van der Waals surface area contributed by atoms with Crippen LogP contribution in [0.2, 0.25) is 0 Å². The minimum Gasteiger partial charge on any atom is -0.369 e. The molecule has 0 bridgehead atoms. The molecule has 0 amide bonds. The number of nitrogens with zero attached hydrogens (tertiary/aromatic N) is 6. The molecule has 15 heteroatoms. The van der Waals surface area contributed by atoms with Gasteiger partial charge in [-0.2, -0.15) is 22.4 Å². The summed E-state index contributed by atoms with van der Waals surface area (Å²) in [5.74, 6) is 0.310. The van der Waals surface area contributed by atoms with E-state index in [9.17, 15) is 14.4 Å². The quantitative estimate of drug-likeness (QED) is 0.164. The maximum atomic E-state index is 11.3. The molecule has 38 heavy (non-hydrogen) atoms. The topological polar surface area (TPSA) is 167 Å². The molecule has 0 saturated carbocycles. The molecular weight excluding hydrogens is 715 g/mol. The highest BCUT2D eigenvalue weighted by Crippen LogP contribution is 2.22. The molecule has 3 aliphatic rings. The zero-order valence-electron chi connectivity index (χ0n) is 22.7. The molecule has 2 aromatic rings. The lowest BCUT2D eigenvalue weighted by atomic mass is 10.0. The van der Waals surface area contributed by atoms with Gasteiger partial charge < -0.3 is 11.5 Å². The number of halogens is 2. The number of H-pyrrole nitrogens is 1. The van der Waals surface area contributed by atoms with Gasteiger partial charge in [-0.05, 0) is 39.9 Å². The largest absolute Gasteiger partial charge is 0.369 e. The Labute approximate surface area is 252 Å². The number of nitrogens with two attached hydrogens (primary N) is 2. The zero-order valence-corrected chi connectivity index (χ0v) is 27.0. The first kappa shape index (κ1) is 34.3. The molecule has 12 nitrogen and oxygen atoms in total. The summed E-state index contributed by atoms with van der Waals surface area (Å²) in [5.41, 5.74) is 20.2. The number of nitrogens with one attached hydrogen (secondary N) is 1. The van der Waals surface area contributed by atoms with Crippen LogP contribution in [0, 0.1) is 12.8 Å². The van der Waals surface area contributed by atoms with Crippen molar-refractivity contribution in [2.24, 2.45) is 5.92 Å². The van der Waals surface area contributed by atoms with E-state index in [0.29, 0.717) is 32.1 Å². The van der Waals surface area contributed by atoms with E-state index < -0.39 is 0 Å². The van der Waals surface area contributed by atoms with Gasteiger partial charge in [-0.25, -0.2) is 15.0 Å². The van der Waals surface area contributed by atoms with E-state index in [2.05, 4.69) is 60.2 Å². The van der Waals surface area contributed by atoms with Crippen molar-refractivity contribution in [3.05, 3.63) is 38.6 Å². The Bertz CT molecular complexity index is 1170. The monoisotopic (exact) mass is 751 g/mol. The van der Waals surface area contributed by atoms with Crippen LogP contribution < -0.4 is 17.0 Å². The van der Waals surface area contributed by atoms with Crippen molar-refractivity contribution in [1.29, 1.82) is 0 Å². The van der Waals surface area contributed by atoms with Crippen molar-refractivity contribution in [3.63, 3.8) is 0 Å². The summed E-state index contributed by atoms with van der Waals surface area (Å²) < 4.78 is 0. The van der Waals surface area contributed by atoms with Crippen LogP contribution >= 0.6 is 45.0 Å². The van der Waals surface area contributed by atoms with Crippen LogP contribution in [0.1, 0.15) is 35.1 Å². The second-order valence-corrected chi connectivity index (χ2v) is 9.14. The highest BCUT2D eigenvalue weighted by Gasteiger charge is 2.31. The van der Waals surface area contributed by atoms with E-state index in [0.717, 1.165) is 35.7 Å². The van der Waals surface area contributed by atoms with E-state index >= 15 is 0 Å². The Morgan fingerprint density at radius 2 is 1.42 bits per heavy atom. The van der Waals surface area contributed by atoms with Crippen LogP contribution in [0.4, 0.5) is 11.9 Å². The normalized spacial score (nSPS) is 17.9. The Morgan fingerprint density at radius 3 is 1.89 bits per heavy atom. The fourth-order valence-electron chi connectivity index (χ4n) is 4.25. The number of aryl methyl sites for hydroxylation is 1. The molecule has 208 valence electrons. The number of aromatic nitrogens is 4. The van der Waals surface area contributed by atoms with Crippen LogP contribution in [0.15, 0.2) is 4.79 Å². The number of carbonyl (C=O) groups is 2. The van der Waals surface area contributed by atoms with Crippen molar-refractivity contribution in [2.75, 3.05) is 50.6 Å². The predicted octanol–water partition coefficient (Wildman–Crippen LogP) is 0.872. The van der Waals surface area contributed by atoms with Gasteiger partial charge in [-0.15, -0.1) is 0 Å². The number of aromatic amines is 1. The van der Waals surface area contributed by atoms with Crippen molar-refractivity contribution >= 4 is 74.1 Å². The molecule has 5 heterocycles. The van der Waals surface area contributed by atoms with E-state index in [1.54, 1.807) is 22.4 Å². The molecule has 5 N–H and O–H groups in total. The lowest BCUT2D eigenvalue weighted by molar-refractivity contribution is -0.128. The van der Waals surface area contributed by atoms with Gasteiger partial charge in [-0.1, -0.05) is 22.6 Å². The number of hydrogen-bond acceptors (Lipinski definition) is 11. The van der Waals surface area contributed by atoms with Crippen LogP contribution in [0.3, 0.4) is 0 Å². The number of fused-ring (bicyclic) bond motifs is 2. The summed E-state index contributed by atoms with van der Waals surface area (Å²) in [7, 11) is 5.86. The van der Waals surface area contributed by atoms with Crippen LogP contribution in [-0.4, -0.2) is 91.1 Å². The van der Waals surface area contributed by atoms with Crippen molar-refractivity contribution in [1.82, 2.24) is 34.6 Å². The van der Waals surface area contributed by atoms with Gasteiger partial charge in [0, 0.05) is 44.0 Å². The number of anilines is 2. The average Bonchev–Trinajstić information content (AvgIpc) is 3.52. The standard InChI is InChI=1S/C8H12N4.C7H10N4O.C7H11NO2.CH3I.BI/c1-5-6-3-12(2)4-7(6)11-8(9)10-5;1-11-2-4-5(3-11)9-7(8)10-6(4)12;1-5(9)6-3-8(2)4-7(6)10;2*1-2/h3-4H2,1-2H3,(H2,9,10,11);2-3H2,1H3,(H3,8,9,10,12);6H,3-4H2,1-2H3;1H3;. The number of hydrogen-bond donors (Lipinski definition) is 3. The van der Waals surface area contributed by atoms with Crippen LogP contribution in [0.25, 0.3) is 0 Å². The first-order valence-corrected chi connectivity index (χ1v) is 15.0. The molecule has 2 radical (unpaired) electrons. The maximum Gasteiger partial charge on any atom is 0.257 e. The third-order valence-electron chi connectivity index (χ3n) is 5.93. The van der Waals surface area contributed by atoms with Gasteiger partial charge >= 0.3 is 0 Å². The molecule has 1 unspecified atom stereocenters. The van der Waals surface area contributed by atoms with E-state index in [-0.39, 0.29) is 29.0 Å². The second-order valence-electron chi connectivity index (χ2n) is 9.14. The fraction of sp³-hybridized carbons (Fsp3) is 0.565. The Kier molecular flexibility index (Phi) is 14.8. The SMILES string of the molecule is CC(=O)C1CN(C)CC1=O.CI.CN1Cc2nc(N)[nH]c(=O)c2C1.Cc1nc(N)nc2c1CN(C)C2.[B]I. The third-order valence-corrected chi connectivity index (χ3v) is 5.93. The summed E-state index contributed by atoms with van der Waals surface area (Å²) in [5, 5.41) is 0. The summed E-state index contributed by atoms with van der Waals surface area (Å²) in [6.45, 7) is 7.71. The molecule has 1 atom stereocenters. The summed E-state index contributed by atoms with van der Waals surface area (Å²) >= 11 is 3.80. The number of likely N-dealkylation sites (tertiary alicyclic amines) is 1. The molecule has 0 aliphatic carbocycles. The fourth-order valence-corrected chi connectivity index (χ4v) is 4.25. The lowest BCUT2D eigenvalue weighted by Crippen LogP contribution is -2.19. The van der Waals surface area contributed by atoms with Crippen LogP contribution in [-0.2, 0) is 35.8 Å². The zero-order chi connectivity index (χ0) is 29.2. The minimum absolute atomic E-state index is 0.00523. The predicted molar refractivity (Wildman–Crippen MR) is 167 cm³/mol. The smallest absolute Gasteiger partial charge is 0.257 e. The van der Waals surface area contributed by atoms with Gasteiger partial charge in [0.1, 0.15) is 5.78 Å². The number of rotatable bonds is 1. The van der Waals surface area contributed by atoms with E-state index in [1.165, 1.54) is 12.5 Å². The van der Waals surface area contributed by atoms with Gasteiger partial charge in [-0.3, -0.25) is 34.1 Å². The summed E-state index contributed by atoms with van der Waals surface area (Å²) in [6, 6.07) is 0. The molecule has 3 aliphatic heterocycles. The number of carbonyl (C=O) groups excluding carboxylic acids is 2. The first-order chi connectivity index (χ1) is 17.9. The Hall–Kier alpha value is -1.70. The second kappa shape index (κ2) is 16.4. The molecule has 0 aromatic carbocycles. The maximum absolute atomic E-state index is 11.3. The highest BCUT2D eigenvalue weighted by atomic mass is 127. The van der Waals surface area contributed by atoms with Crippen molar-refractivity contribution < 1.29 is 9.59 Å². The molecular formula is C23H36BI2N9O3.